The molecule has 7 nitrogen and oxygen atoms in total. The van der Waals surface area contributed by atoms with E-state index in [0.717, 1.165) is 66.6 Å². The van der Waals surface area contributed by atoms with E-state index in [-0.39, 0.29) is 5.91 Å². The summed E-state index contributed by atoms with van der Waals surface area (Å²) in [5, 5.41) is 5.17. The highest BCUT2D eigenvalue weighted by molar-refractivity contribution is 7.22. The number of carbonyl (C=O) groups excluding carboxylic acids is 1. The zero-order chi connectivity index (χ0) is 21.1. The van der Waals surface area contributed by atoms with E-state index in [1.54, 1.807) is 16.0 Å². The SMILES string of the molecule is CCc1cccc2sc(N(CCCN3CCOCC3)C(=O)c3nn(C)cc3C)nc12. The Bertz CT molecular complexity index is 1020. The highest BCUT2D eigenvalue weighted by Gasteiger charge is 2.25. The first-order valence-electron chi connectivity index (χ1n) is 10.6. The number of hydrogen-bond donors (Lipinski definition) is 0. The van der Waals surface area contributed by atoms with E-state index in [1.807, 2.05) is 25.1 Å². The second kappa shape index (κ2) is 9.24. The largest absolute Gasteiger partial charge is 0.379 e. The van der Waals surface area contributed by atoms with Gasteiger partial charge in [-0.3, -0.25) is 19.3 Å². The lowest BCUT2D eigenvalue weighted by atomic mass is 10.1. The van der Waals surface area contributed by atoms with Crippen LogP contribution >= 0.6 is 11.3 Å². The Labute approximate surface area is 181 Å². The first-order chi connectivity index (χ1) is 14.6. The summed E-state index contributed by atoms with van der Waals surface area (Å²) in [6.07, 6.45) is 3.69. The second-order valence-electron chi connectivity index (χ2n) is 7.71. The van der Waals surface area contributed by atoms with Crippen molar-refractivity contribution in [2.24, 2.45) is 7.05 Å². The Morgan fingerprint density at radius 3 is 2.80 bits per heavy atom. The van der Waals surface area contributed by atoms with Gasteiger partial charge in [-0.1, -0.05) is 30.4 Å². The minimum Gasteiger partial charge on any atom is -0.379 e. The van der Waals surface area contributed by atoms with Crippen molar-refractivity contribution < 1.29 is 9.53 Å². The monoisotopic (exact) mass is 427 g/mol. The Kier molecular flexibility index (Phi) is 6.46. The highest BCUT2D eigenvalue weighted by Crippen LogP contribution is 2.32. The lowest BCUT2D eigenvalue weighted by molar-refractivity contribution is 0.0376. The van der Waals surface area contributed by atoms with E-state index >= 15 is 0 Å². The van der Waals surface area contributed by atoms with Gasteiger partial charge in [0.25, 0.3) is 5.91 Å². The molecule has 0 saturated carbocycles. The molecule has 160 valence electrons. The zero-order valence-electron chi connectivity index (χ0n) is 17.9. The van der Waals surface area contributed by atoms with Crippen LogP contribution in [0.5, 0.6) is 0 Å². The summed E-state index contributed by atoms with van der Waals surface area (Å²) in [6, 6.07) is 6.26. The number of rotatable bonds is 7. The Morgan fingerprint density at radius 1 is 1.30 bits per heavy atom. The average Bonchev–Trinajstić information content (AvgIpc) is 3.33. The predicted octanol–water partition coefficient (Wildman–Crippen LogP) is 3.27. The molecule has 0 unspecified atom stereocenters. The second-order valence-corrected chi connectivity index (χ2v) is 8.72. The molecule has 0 bridgehead atoms. The summed E-state index contributed by atoms with van der Waals surface area (Å²) in [5.41, 5.74) is 3.60. The summed E-state index contributed by atoms with van der Waals surface area (Å²) in [6.45, 7) is 9.10. The molecule has 30 heavy (non-hydrogen) atoms. The number of thiazole rings is 1. The molecule has 3 heterocycles. The van der Waals surface area contributed by atoms with Crippen molar-refractivity contribution in [2.75, 3.05) is 44.3 Å². The van der Waals surface area contributed by atoms with Crippen molar-refractivity contribution in [1.29, 1.82) is 0 Å². The van der Waals surface area contributed by atoms with Gasteiger partial charge in [0.15, 0.2) is 10.8 Å². The van der Waals surface area contributed by atoms with Crippen LogP contribution in [0.4, 0.5) is 5.13 Å². The number of carbonyl (C=O) groups is 1. The van der Waals surface area contributed by atoms with Gasteiger partial charge in [-0.15, -0.1) is 0 Å². The first kappa shape index (κ1) is 21.0. The van der Waals surface area contributed by atoms with Crippen LogP contribution in [0.15, 0.2) is 24.4 Å². The quantitative estimate of drug-likeness (QED) is 0.579. The molecule has 0 aliphatic carbocycles. The topological polar surface area (TPSA) is 63.5 Å². The van der Waals surface area contributed by atoms with Crippen LogP contribution in [0.25, 0.3) is 10.2 Å². The maximum absolute atomic E-state index is 13.5. The molecule has 1 saturated heterocycles. The van der Waals surface area contributed by atoms with Gasteiger partial charge in [-0.25, -0.2) is 4.98 Å². The number of nitrogens with zero attached hydrogens (tertiary/aromatic N) is 5. The number of anilines is 1. The molecule has 0 N–H and O–H groups in total. The molecule has 1 aliphatic heterocycles. The van der Waals surface area contributed by atoms with Gasteiger partial charge in [-0.2, -0.15) is 5.10 Å². The Hall–Kier alpha value is -2.29. The average molecular weight is 428 g/mol. The Balaban J connectivity index is 1.61. The van der Waals surface area contributed by atoms with Crippen molar-refractivity contribution in [1.82, 2.24) is 19.7 Å². The predicted molar refractivity (Wildman–Crippen MR) is 120 cm³/mol. The van der Waals surface area contributed by atoms with E-state index in [1.165, 1.54) is 5.56 Å². The molecule has 1 aliphatic rings. The van der Waals surface area contributed by atoms with E-state index in [0.29, 0.717) is 12.2 Å². The van der Waals surface area contributed by atoms with Gasteiger partial charge in [0.05, 0.1) is 23.4 Å². The maximum Gasteiger partial charge on any atom is 0.280 e. The normalized spacial score (nSPS) is 15.0. The van der Waals surface area contributed by atoms with Gasteiger partial charge in [0.2, 0.25) is 0 Å². The third kappa shape index (κ3) is 4.40. The van der Waals surface area contributed by atoms with Crippen molar-refractivity contribution in [2.45, 2.75) is 26.7 Å². The standard InChI is InChI=1S/C22H29N5O2S/c1-4-17-7-5-8-18-20(17)23-22(30-18)27(10-6-9-26-11-13-29-14-12-26)21(28)19-16(2)15-25(3)24-19/h5,7-8,15H,4,6,9-14H2,1-3H3. The molecule has 1 amide bonds. The first-order valence-corrected chi connectivity index (χ1v) is 11.4. The third-order valence-corrected chi connectivity index (χ3v) is 6.57. The molecule has 8 heteroatoms. The fourth-order valence-electron chi connectivity index (χ4n) is 3.90. The van der Waals surface area contributed by atoms with Gasteiger partial charge in [-0.05, 0) is 31.4 Å². The summed E-state index contributed by atoms with van der Waals surface area (Å²) < 4.78 is 8.25. The number of aromatic nitrogens is 3. The fourth-order valence-corrected chi connectivity index (χ4v) is 4.94. The summed E-state index contributed by atoms with van der Waals surface area (Å²) in [7, 11) is 1.85. The smallest absolute Gasteiger partial charge is 0.280 e. The Morgan fingerprint density at radius 2 is 2.10 bits per heavy atom. The maximum atomic E-state index is 13.5. The zero-order valence-corrected chi connectivity index (χ0v) is 18.7. The van der Waals surface area contributed by atoms with Crippen LogP contribution in [0.3, 0.4) is 0 Å². The number of morpholine rings is 1. The van der Waals surface area contributed by atoms with Gasteiger partial charge in [0.1, 0.15) is 0 Å². The van der Waals surface area contributed by atoms with E-state index in [4.69, 9.17) is 9.72 Å². The number of amides is 1. The fraction of sp³-hybridized carbons (Fsp3) is 0.500. The molecule has 3 aromatic rings. The van der Waals surface area contributed by atoms with Gasteiger partial charge < -0.3 is 4.74 Å². The van der Waals surface area contributed by atoms with Crippen molar-refractivity contribution in [3.8, 4) is 0 Å². The molecule has 1 aromatic carbocycles. The number of hydrogen-bond acceptors (Lipinski definition) is 6. The van der Waals surface area contributed by atoms with Crippen molar-refractivity contribution in [3.05, 3.63) is 41.2 Å². The van der Waals surface area contributed by atoms with Gasteiger partial charge in [0, 0.05) is 45.0 Å². The van der Waals surface area contributed by atoms with Crippen LogP contribution in [-0.2, 0) is 18.2 Å². The van der Waals surface area contributed by atoms with Crippen molar-refractivity contribution >= 4 is 32.6 Å². The lowest BCUT2D eigenvalue weighted by Gasteiger charge is -2.27. The van der Waals surface area contributed by atoms with Crippen LogP contribution in [0, 0.1) is 6.92 Å². The van der Waals surface area contributed by atoms with Crippen LogP contribution < -0.4 is 4.90 Å². The number of fused-ring (bicyclic) bond motifs is 1. The molecule has 4 rings (SSSR count). The van der Waals surface area contributed by atoms with Crippen LogP contribution in [-0.4, -0.2) is 65.0 Å². The summed E-state index contributed by atoms with van der Waals surface area (Å²) >= 11 is 1.58. The van der Waals surface area contributed by atoms with Crippen molar-refractivity contribution in [3.63, 3.8) is 0 Å². The van der Waals surface area contributed by atoms with E-state index in [9.17, 15) is 4.79 Å². The number of aryl methyl sites for hydroxylation is 3. The molecular formula is C22H29N5O2S. The molecule has 1 fully saturated rings. The van der Waals surface area contributed by atoms with E-state index < -0.39 is 0 Å². The van der Waals surface area contributed by atoms with Gasteiger partial charge >= 0.3 is 0 Å². The molecule has 0 atom stereocenters. The number of benzene rings is 1. The minimum atomic E-state index is -0.0767. The highest BCUT2D eigenvalue weighted by atomic mass is 32.1. The third-order valence-electron chi connectivity index (χ3n) is 5.52. The van der Waals surface area contributed by atoms with Crippen LogP contribution in [0.2, 0.25) is 0 Å². The molecule has 0 radical (unpaired) electrons. The number of ether oxygens (including phenoxy) is 1. The molecular weight excluding hydrogens is 398 g/mol. The lowest BCUT2D eigenvalue weighted by Crippen LogP contribution is -2.39. The van der Waals surface area contributed by atoms with Crippen LogP contribution in [0.1, 0.15) is 35.0 Å². The van der Waals surface area contributed by atoms with E-state index in [2.05, 4.69) is 35.1 Å². The molecule has 0 spiro atoms. The minimum absolute atomic E-state index is 0.0767. The molecule has 2 aromatic heterocycles. The number of para-hydroxylation sites is 1. The summed E-state index contributed by atoms with van der Waals surface area (Å²) in [4.78, 5) is 22.6. The summed E-state index contributed by atoms with van der Waals surface area (Å²) in [5.74, 6) is -0.0767.